The Morgan fingerprint density at radius 1 is 1.14 bits per heavy atom. The van der Waals surface area contributed by atoms with Crippen LogP contribution in [0.25, 0.3) is 16.7 Å². The van der Waals surface area contributed by atoms with E-state index in [1.54, 1.807) is 6.26 Å². The first-order valence-corrected chi connectivity index (χ1v) is 10.0. The van der Waals surface area contributed by atoms with Gasteiger partial charge in [0.15, 0.2) is 0 Å². The van der Waals surface area contributed by atoms with Crippen LogP contribution in [0.5, 0.6) is 0 Å². The van der Waals surface area contributed by atoms with E-state index in [0.29, 0.717) is 5.56 Å². The number of carbonyl (C=O) groups is 1. The number of carbonyl (C=O) groups excluding carboxylic acids is 1. The molecule has 5 nitrogen and oxygen atoms in total. The van der Waals surface area contributed by atoms with Crippen LogP contribution in [0.2, 0.25) is 0 Å². The number of aromatic nitrogens is 2. The summed E-state index contributed by atoms with van der Waals surface area (Å²) in [4.78, 5) is 20.1. The number of fused-ring (bicyclic) bond motifs is 1. The molecule has 2 aromatic carbocycles. The average molecular weight is 385 g/mol. The largest absolute Gasteiger partial charge is 0.467 e. The molecule has 0 radical (unpaired) electrons. The molecule has 2 aromatic heterocycles. The van der Waals surface area contributed by atoms with Gasteiger partial charge in [-0.3, -0.25) is 9.36 Å². The van der Waals surface area contributed by atoms with Crippen molar-refractivity contribution in [3.05, 3.63) is 84.1 Å². The molecule has 1 saturated carbocycles. The Balaban J connectivity index is 1.52. The fourth-order valence-electron chi connectivity index (χ4n) is 4.06. The molecule has 0 spiro atoms. The highest BCUT2D eigenvalue weighted by Gasteiger charge is 2.37. The molecule has 1 atom stereocenters. The van der Waals surface area contributed by atoms with Crippen molar-refractivity contribution in [2.24, 2.45) is 0 Å². The second-order valence-electron chi connectivity index (χ2n) is 7.67. The van der Waals surface area contributed by atoms with Crippen LogP contribution in [0.4, 0.5) is 0 Å². The quantitative estimate of drug-likeness (QED) is 0.469. The standard InChI is InChI=1S/C24H23N3O2/c1-16(23-9-6-14-29-23)26(20-11-12-20)24(28)18-10-13-22-21(15-18)25-17(2)27(22)19-7-4-3-5-8-19/h3-10,13-16,20H,11-12H2,1-2H3. The maximum Gasteiger partial charge on any atom is 0.254 e. The zero-order chi connectivity index (χ0) is 20.0. The molecule has 5 rings (SSSR count). The van der Waals surface area contributed by atoms with E-state index in [0.717, 1.165) is 41.1 Å². The average Bonchev–Trinajstić information content (AvgIpc) is 3.29. The number of hydrogen-bond acceptors (Lipinski definition) is 3. The Morgan fingerprint density at radius 3 is 2.62 bits per heavy atom. The molecule has 1 aliphatic rings. The van der Waals surface area contributed by atoms with E-state index in [1.807, 2.05) is 67.3 Å². The van der Waals surface area contributed by atoms with Crippen LogP contribution in [0, 0.1) is 6.92 Å². The Kier molecular flexibility index (Phi) is 4.23. The molecule has 0 aliphatic heterocycles. The molecule has 2 heterocycles. The minimum Gasteiger partial charge on any atom is -0.467 e. The number of amides is 1. The number of para-hydroxylation sites is 1. The van der Waals surface area contributed by atoms with Crippen molar-refractivity contribution >= 4 is 16.9 Å². The summed E-state index contributed by atoms with van der Waals surface area (Å²) in [5.74, 6) is 1.75. The maximum atomic E-state index is 13.4. The van der Waals surface area contributed by atoms with E-state index in [9.17, 15) is 4.79 Å². The van der Waals surface area contributed by atoms with Crippen LogP contribution in [-0.2, 0) is 0 Å². The minimum atomic E-state index is -0.0932. The van der Waals surface area contributed by atoms with Gasteiger partial charge in [0.2, 0.25) is 0 Å². The Hall–Kier alpha value is -3.34. The highest BCUT2D eigenvalue weighted by atomic mass is 16.3. The van der Waals surface area contributed by atoms with Crippen LogP contribution in [0.3, 0.4) is 0 Å². The molecule has 4 aromatic rings. The fraction of sp³-hybridized carbons (Fsp3) is 0.250. The molecular weight excluding hydrogens is 362 g/mol. The summed E-state index contributed by atoms with van der Waals surface area (Å²) in [6, 6.07) is 20.0. The normalized spacial score (nSPS) is 14.8. The lowest BCUT2D eigenvalue weighted by atomic mass is 10.1. The molecule has 0 bridgehead atoms. The van der Waals surface area contributed by atoms with Gasteiger partial charge in [0.05, 0.1) is 23.3 Å². The Labute approximate surface area is 169 Å². The molecular formula is C24H23N3O2. The van der Waals surface area contributed by atoms with Crippen molar-refractivity contribution in [3.63, 3.8) is 0 Å². The van der Waals surface area contributed by atoms with Crippen molar-refractivity contribution in [3.8, 4) is 5.69 Å². The number of hydrogen-bond donors (Lipinski definition) is 0. The molecule has 29 heavy (non-hydrogen) atoms. The molecule has 146 valence electrons. The third-order valence-corrected chi connectivity index (χ3v) is 5.63. The number of furan rings is 1. The highest BCUT2D eigenvalue weighted by molar-refractivity contribution is 5.98. The van der Waals surface area contributed by atoms with Gasteiger partial charge in [-0.05, 0) is 69.2 Å². The van der Waals surface area contributed by atoms with Crippen molar-refractivity contribution in [2.75, 3.05) is 0 Å². The lowest BCUT2D eigenvalue weighted by Crippen LogP contribution is -2.35. The number of nitrogens with zero attached hydrogens (tertiary/aromatic N) is 3. The van der Waals surface area contributed by atoms with Crippen molar-refractivity contribution in [1.82, 2.24) is 14.5 Å². The van der Waals surface area contributed by atoms with E-state index in [-0.39, 0.29) is 18.0 Å². The van der Waals surface area contributed by atoms with E-state index in [4.69, 9.17) is 9.40 Å². The van der Waals surface area contributed by atoms with E-state index in [2.05, 4.69) is 16.7 Å². The number of rotatable bonds is 5. The maximum absolute atomic E-state index is 13.4. The zero-order valence-electron chi connectivity index (χ0n) is 16.6. The zero-order valence-corrected chi connectivity index (χ0v) is 16.6. The third kappa shape index (κ3) is 3.12. The van der Waals surface area contributed by atoms with Gasteiger partial charge in [0, 0.05) is 17.3 Å². The van der Waals surface area contributed by atoms with Gasteiger partial charge in [-0.2, -0.15) is 0 Å². The van der Waals surface area contributed by atoms with Crippen LogP contribution < -0.4 is 0 Å². The van der Waals surface area contributed by atoms with Gasteiger partial charge >= 0.3 is 0 Å². The molecule has 1 unspecified atom stereocenters. The van der Waals surface area contributed by atoms with Crippen LogP contribution in [-0.4, -0.2) is 26.4 Å². The monoisotopic (exact) mass is 385 g/mol. The third-order valence-electron chi connectivity index (χ3n) is 5.63. The summed E-state index contributed by atoms with van der Waals surface area (Å²) >= 11 is 0. The van der Waals surface area contributed by atoms with E-state index >= 15 is 0 Å². The summed E-state index contributed by atoms with van der Waals surface area (Å²) in [5.41, 5.74) is 3.57. The van der Waals surface area contributed by atoms with Crippen molar-refractivity contribution < 1.29 is 9.21 Å². The summed E-state index contributed by atoms with van der Waals surface area (Å²) in [5, 5.41) is 0. The first-order chi connectivity index (χ1) is 14.1. The van der Waals surface area contributed by atoms with E-state index < -0.39 is 0 Å². The van der Waals surface area contributed by atoms with E-state index in [1.165, 1.54) is 0 Å². The molecule has 0 saturated heterocycles. The second-order valence-corrected chi connectivity index (χ2v) is 7.67. The molecule has 0 N–H and O–H groups in total. The molecule has 1 aliphatic carbocycles. The molecule has 5 heteroatoms. The van der Waals surface area contributed by atoms with Gasteiger partial charge in [0.25, 0.3) is 5.91 Å². The summed E-state index contributed by atoms with van der Waals surface area (Å²) in [6.45, 7) is 4.02. The topological polar surface area (TPSA) is 51.3 Å². The smallest absolute Gasteiger partial charge is 0.254 e. The van der Waals surface area contributed by atoms with Gasteiger partial charge in [0.1, 0.15) is 11.6 Å². The van der Waals surface area contributed by atoms with Gasteiger partial charge in [-0.25, -0.2) is 4.98 Å². The number of imidazole rings is 1. The fourth-order valence-corrected chi connectivity index (χ4v) is 4.06. The predicted octanol–water partition coefficient (Wildman–Crippen LogP) is 5.29. The summed E-state index contributed by atoms with van der Waals surface area (Å²) < 4.78 is 7.69. The lowest BCUT2D eigenvalue weighted by molar-refractivity contribution is 0.0653. The van der Waals surface area contributed by atoms with Crippen molar-refractivity contribution in [2.45, 2.75) is 38.8 Å². The van der Waals surface area contributed by atoms with Gasteiger partial charge < -0.3 is 9.32 Å². The molecule has 1 amide bonds. The highest BCUT2D eigenvalue weighted by Crippen LogP contribution is 2.36. The number of benzene rings is 2. The SMILES string of the molecule is Cc1nc2cc(C(=O)N(C3CC3)C(C)c3ccco3)ccc2n1-c1ccccc1. The van der Waals surface area contributed by atoms with Crippen molar-refractivity contribution in [1.29, 1.82) is 0 Å². The Bertz CT molecular complexity index is 1160. The summed E-state index contributed by atoms with van der Waals surface area (Å²) in [7, 11) is 0. The van der Waals surface area contributed by atoms with Gasteiger partial charge in [-0.15, -0.1) is 0 Å². The van der Waals surface area contributed by atoms with Crippen LogP contribution in [0.1, 0.15) is 47.7 Å². The van der Waals surface area contributed by atoms with Crippen LogP contribution in [0.15, 0.2) is 71.3 Å². The van der Waals surface area contributed by atoms with Gasteiger partial charge in [-0.1, -0.05) is 18.2 Å². The second kappa shape index (κ2) is 6.92. The first kappa shape index (κ1) is 17.7. The molecule has 1 fully saturated rings. The first-order valence-electron chi connectivity index (χ1n) is 10.0. The lowest BCUT2D eigenvalue weighted by Gasteiger charge is -2.28. The predicted molar refractivity (Wildman–Crippen MR) is 112 cm³/mol. The summed E-state index contributed by atoms with van der Waals surface area (Å²) in [6.07, 6.45) is 3.74. The number of aryl methyl sites for hydroxylation is 1. The minimum absolute atomic E-state index is 0.0326. The Morgan fingerprint density at radius 2 is 1.93 bits per heavy atom. The van der Waals surface area contributed by atoms with Crippen LogP contribution >= 0.6 is 0 Å².